The summed E-state index contributed by atoms with van der Waals surface area (Å²) in [6.45, 7) is 9.02. The summed E-state index contributed by atoms with van der Waals surface area (Å²) < 4.78 is 27.7. The van der Waals surface area contributed by atoms with E-state index in [1.807, 2.05) is 78.9 Å². The van der Waals surface area contributed by atoms with E-state index in [0.717, 1.165) is 53.9 Å². The smallest absolute Gasteiger partial charge is 0.281 e. The van der Waals surface area contributed by atoms with E-state index in [4.69, 9.17) is 18.9 Å². The average Bonchev–Trinajstić information content (AvgIpc) is 3.82. The number of aromatic nitrogens is 4. The van der Waals surface area contributed by atoms with Crippen molar-refractivity contribution in [2.45, 2.75) is 90.4 Å². The summed E-state index contributed by atoms with van der Waals surface area (Å²) in [6, 6.07) is 25.6. The first-order valence-electron chi connectivity index (χ1n) is 19.3. The van der Waals surface area contributed by atoms with Crippen molar-refractivity contribution in [3.8, 4) is 11.5 Å². The van der Waals surface area contributed by atoms with Crippen LogP contribution in [0.2, 0.25) is 0 Å². The molecule has 1 fully saturated rings. The van der Waals surface area contributed by atoms with Crippen LogP contribution in [0.4, 0.5) is 0 Å². The first-order valence-corrected chi connectivity index (χ1v) is 19.3. The van der Waals surface area contributed by atoms with Gasteiger partial charge in [0.15, 0.2) is 11.2 Å². The van der Waals surface area contributed by atoms with E-state index in [2.05, 4.69) is 55.9 Å². The molecule has 3 atom stereocenters. The highest BCUT2D eigenvalue weighted by molar-refractivity contribution is 5.69. The van der Waals surface area contributed by atoms with Crippen LogP contribution in [-0.4, -0.2) is 57.2 Å². The maximum absolute atomic E-state index is 13.5. The molecule has 0 saturated carbocycles. The highest BCUT2D eigenvalue weighted by Gasteiger charge is 2.42. The standard InChI is InChI=1S/C46H54N4O6/c1-32(2)12-10-13-33(3)14-11-15-34(4)26-27-49-30-48-44-43(45(49)52)47-31-50(44)42-28-40(51)41(56-42)29-55-46(35-16-8-7-9-17-35,36-18-22-38(53-5)23-19-36)37-20-24-39(54-6)25-21-37/h7-9,12,14,16-26,30-31,40-42,51H,10-11,13,15,27-29H2,1-6H3/b33-14+,34-26+/t40-,41+,42+/m0/s1. The molecule has 5 aromatic rings. The third-order valence-corrected chi connectivity index (χ3v) is 10.5. The predicted molar refractivity (Wildman–Crippen MR) is 220 cm³/mol. The molecule has 0 spiro atoms. The Bertz CT molecular complexity index is 2150. The number of rotatable bonds is 17. The number of benzene rings is 3. The zero-order chi connectivity index (χ0) is 39.7. The maximum atomic E-state index is 13.5. The van der Waals surface area contributed by atoms with Crippen molar-refractivity contribution in [3.63, 3.8) is 0 Å². The van der Waals surface area contributed by atoms with Crippen molar-refractivity contribution >= 4 is 11.2 Å². The van der Waals surface area contributed by atoms with Crippen LogP contribution in [-0.2, 0) is 21.6 Å². The predicted octanol–water partition coefficient (Wildman–Crippen LogP) is 8.69. The molecular weight excluding hydrogens is 705 g/mol. The molecular formula is C46H54N4O6. The van der Waals surface area contributed by atoms with Crippen LogP contribution in [0, 0.1) is 0 Å². The molecule has 0 radical (unpaired) electrons. The Hall–Kier alpha value is -5.29. The quantitative estimate of drug-likeness (QED) is 0.0742. The van der Waals surface area contributed by atoms with Crippen LogP contribution >= 0.6 is 0 Å². The second-order valence-corrected chi connectivity index (χ2v) is 14.7. The van der Waals surface area contributed by atoms with Gasteiger partial charge in [-0.3, -0.25) is 13.9 Å². The maximum Gasteiger partial charge on any atom is 0.281 e. The molecule has 6 rings (SSSR count). The Kier molecular flexibility index (Phi) is 13.4. The number of aliphatic hydroxyl groups excluding tert-OH is 1. The van der Waals surface area contributed by atoms with Gasteiger partial charge in [0.05, 0.1) is 33.3 Å². The Balaban J connectivity index is 1.18. The fraction of sp³-hybridized carbons (Fsp3) is 0.370. The minimum Gasteiger partial charge on any atom is -0.497 e. The van der Waals surface area contributed by atoms with Crippen LogP contribution < -0.4 is 15.0 Å². The van der Waals surface area contributed by atoms with Crippen LogP contribution in [0.15, 0.2) is 131 Å². The summed E-state index contributed by atoms with van der Waals surface area (Å²) in [6.07, 6.45) is 12.0. The largest absolute Gasteiger partial charge is 0.497 e. The zero-order valence-corrected chi connectivity index (χ0v) is 33.4. The lowest BCUT2D eigenvalue weighted by Gasteiger charge is -2.37. The highest BCUT2D eigenvalue weighted by atomic mass is 16.6. The molecule has 1 saturated heterocycles. The number of hydrogen-bond donors (Lipinski definition) is 1. The summed E-state index contributed by atoms with van der Waals surface area (Å²) in [5.41, 5.74) is 6.01. The molecule has 0 amide bonds. The lowest BCUT2D eigenvalue weighted by atomic mass is 9.80. The van der Waals surface area contributed by atoms with Gasteiger partial charge in [0, 0.05) is 13.0 Å². The summed E-state index contributed by atoms with van der Waals surface area (Å²) in [5.74, 6) is 1.45. The third kappa shape index (κ3) is 9.21. The molecule has 10 nitrogen and oxygen atoms in total. The van der Waals surface area contributed by atoms with Gasteiger partial charge in [-0.25, -0.2) is 9.97 Å². The summed E-state index contributed by atoms with van der Waals surface area (Å²) in [4.78, 5) is 22.6. The van der Waals surface area contributed by atoms with Crippen LogP contribution in [0.3, 0.4) is 0 Å². The van der Waals surface area contributed by atoms with Crippen molar-refractivity contribution < 1.29 is 24.1 Å². The number of fused-ring (bicyclic) bond motifs is 1. The van der Waals surface area contributed by atoms with Gasteiger partial charge in [-0.15, -0.1) is 0 Å². The molecule has 3 aromatic carbocycles. The lowest BCUT2D eigenvalue weighted by molar-refractivity contribution is -0.0931. The van der Waals surface area contributed by atoms with E-state index in [1.54, 1.807) is 36.0 Å². The van der Waals surface area contributed by atoms with Crippen LogP contribution in [0.25, 0.3) is 11.2 Å². The number of aliphatic hydroxyl groups is 1. The minimum atomic E-state index is -1.07. The number of allylic oxidation sites excluding steroid dienone is 6. The molecule has 0 aliphatic carbocycles. The highest BCUT2D eigenvalue weighted by Crippen LogP contribution is 2.43. The van der Waals surface area contributed by atoms with E-state index in [-0.39, 0.29) is 24.1 Å². The fourth-order valence-electron chi connectivity index (χ4n) is 7.20. The van der Waals surface area contributed by atoms with Gasteiger partial charge >= 0.3 is 0 Å². The second-order valence-electron chi connectivity index (χ2n) is 14.7. The molecule has 294 valence electrons. The van der Waals surface area contributed by atoms with Gasteiger partial charge in [0.1, 0.15) is 35.8 Å². The molecule has 1 aliphatic rings. The molecule has 0 bridgehead atoms. The van der Waals surface area contributed by atoms with Gasteiger partial charge < -0.3 is 24.1 Å². The normalized spacial score (nSPS) is 17.7. The van der Waals surface area contributed by atoms with Crippen molar-refractivity contribution in [1.82, 2.24) is 19.1 Å². The number of hydrogen-bond acceptors (Lipinski definition) is 8. The van der Waals surface area contributed by atoms with E-state index in [9.17, 15) is 9.90 Å². The van der Waals surface area contributed by atoms with Crippen molar-refractivity contribution in [1.29, 1.82) is 0 Å². The molecule has 1 aliphatic heterocycles. The van der Waals surface area contributed by atoms with Crippen LogP contribution in [0.5, 0.6) is 11.5 Å². The topological polar surface area (TPSA) is 110 Å². The van der Waals surface area contributed by atoms with E-state index in [0.29, 0.717) is 12.2 Å². The van der Waals surface area contributed by atoms with Gasteiger partial charge in [0.25, 0.3) is 5.56 Å². The fourth-order valence-corrected chi connectivity index (χ4v) is 7.20. The van der Waals surface area contributed by atoms with Crippen molar-refractivity contribution in [2.24, 2.45) is 0 Å². The molecule has 1 N–H and O–H groups in total. The number of imidazole rings is 1. The molecule has 0 unspecified atom stereocenters. The van der Waals surface area contributed by atoms with Gasteiger partial charge in [0.2, 0.25) is 0 Å². The lowest BCUT2D eigenvalue weighted by Crippen LogP contribution is -2.38. The van der Waals surface area contributed by atoms with Gasteiger partial charge in [-0.1, -0.05) is 89.5 Å². The molecule has 56 heavy (non-hydrogen) atoms. The SMILES string of the molecule is COc1ccc(C(OC[C@H]2O[C@@H](n3cnc4c(=O)n(C/C=C(\C)CC/C=C(\C)CCC=C(C)C)cnc43)C[C@@H]2O)(c2ccccc2)c2ccc(OC)cc2)cc1. The van der Waals surface area contributed by atoms with Gasteiger partial charge in [-0.2, -0.15) is 0 Å². The Morgan fingerprint density at radius 3 is 2.00 bits per heavy atom. The summed E-state index contributed by atoms with van der Waals surface area (Å²) in [7, 11) is 3.28. The number of nitrogens with zero attached hydrogens (tertiary/aromatic N) is 4. The van der Waals surface area contributed by atoms with E-state index >= 15 is 0 Å². The van der Waals surface area contributed by atoms with Crippen LogP contribution in [0.1, 0.15) is 82.7 Å². The number of ether oxygens (including phenoxy) is 4. The van der Waals surface area contributed by atoms with E-state index < -0.39 is 24.0 Å². The van der Waals surface area contributed by atoms with Crippen molar-refractivity contribution in [2.75, 3.05) is 20.8 Å². The monoisotopic (exact) mass is 758 g/mol. The molecule has 10 heteroatoms. The Morgan fingerprint density at radius 2 is 1.39 bits per heavy atom. The molecule has 3 heterocycles. The Morgan fingerprint density at radius 1 is 0.804 bits per heavy atom. The van der Waals surface area contributed by atoms with Crippen molar-refractivity contribution in [3.05, 3.63) is 154 Å². The third-order valence-electron chi connectivity index (χ3n) is 10.5. The number of methoxy groups -OCH3 is 2. The minimum absolute atomic E-state index is 0.0639. The zero-order valence-electron chi connectivity index (χ0n) is 33.4. The van der Waals surface area contributed by atoms with Gasteiger partial charge in [-0.05, 0) is 94.3 Å². The first kappa shape index (κ1) is 40.4. The molecule has 2 aromatic heterocycles. The first-order chi connectivity index (χ1) is 27.1. The Labute approximate surface area is 329 Å². The second kappa shape index (κ2) is 18.6. The summed E-state index contributed by atoms with van der Waals surface area (Å²) >= 11 is 0. The average molecular weight is 759 g/mol. The summed E-state index contributed by atoms with van der Waals surface area (Å²) in [5, 5.41) is 11.4. The van der Waals surface area contributed by atoms with E-state index in [1.165, 1.54) is 16.7 Å².